The summed E-state index contributed by atoms with van der Waals surface area (Å²) in [6.45, 7) is 0.893. The van der Waals surface area contributed by atoms with Gasteiger partial charge in [0.05, 0.1) is 13.2 Å². The van der Waals surface area contributed by atoms with Crippen LogP contribution in [0.4, 0.5) is 0 Å². The molecule has 0 spiro atoms. The second-order valence-electron chi connectivity index (χ2n) is 6.98. The van der Waals surface area contributed by atoms with Crippen molar-refractivity contribution in [3.8, 4) is 11.1 Å². The zero-order chi connectivity index (χ0) is 21.1. The fraction of sp³-hybridized carbons (Fsp3) is 0.217. The maximum atomic E-state index is 13.4. The number of thioether (sulfide) groups is 1. The van der Waals surface area contributed by atoms with E-state index in [1.54, 1.807) is 23.4 Å². The smallest absolute Gasteiger partial charge is 0.278 e. The van der Waals surface area contributed by atoms with Gasteiger partial charge in [0, 0.05) is 36.7 Å². The summed E-state index contributed by atoms with van der Waals surface area (Å²) in [4.78, 5) is 18.3. The Bertz CT molecular complexity index is 1220. The summed E-state index contributed by atoms with van der Waals surface area (Å²) in [5.41, 5.74) is 4.38. The van der Waals surface area contributed by atoms with E-state index >= 15 is 0 Å². The van der Waals surface area contributed by atoms with Gasteiger partial charge in [-0.15, -0.1) is 0 Å². The Morgan fingerprint density at radius 3 is 2.53 bits per heavy atom. The van der Waals surface area contributed by atoms with E-state index in [9.17, 15) is 4.79 Å². The molecule has 2 heterocycles. The molecule has 0 aliphatic rings. The summed E-state index contributed by atoms with van der Waals surface area (Å²) in [5.74, 6) is 0.690. The first-order valence-corrected chi connectivity index (χ1v) is 11.0. The highest BCUT2D eigenvalue weighted by Gasteiger charge is 2.18. The van der Waals surface area contributed by atoms with Crippen molar-refractivity contribution < 1.29 is 4.74 Å². The van der Waals surface area contributed by atoms with Crippen molar-refractivity contribution in [3.05, 3.63) is 81.7 Å². The Balaban J connectivity index is 1.81. The molecule has 0 N–H and O–H groups in total. The molecule has 0 aliphatic heterocycles. The van der Waals surface area contributed by atoms with Crippen molar-refractivity contribution >= 4 is 34.4 Å². The molecule has 4 aromatic rings. The van der Waals surface area contributed by atoms with Gasteiger partial charge in [-0.25, -0.2) is 4.98 Å². The van der Waals surface area contributed by atoms with Crippen LogP contribution >= 0.6 is 23.4 Å². The topological polar surface area (TPSA) is 49.0 Å². The molecule has 30 heavy (non-hydrogen) atoms. The lowest BCUT2D eigenvalue weighted by molar-refractivity contribution is 0.183. The summed E-state index contributed by atoms with van der Waals surface area (Å²) in [5, 5.41) is 1.39. The van der Waals surface area contributed by atoms with Crippen LogP contribution in [0.2, 0.25) is 5.02 Å². The number of fused-ring (bicyclic) bond motifs is 1. The summed E-state index contributed by atoms with van der Waals surface area (Å²) in [6, 6.07) is 17.8. The minimum atomic E-state index is -0.0552. The van der Waals surface area contributed by atoms with E-state index in [4.69, 9.17) is 21.3 Å². The molecule has 4 rings (SSSR count). The minimum Gasteiger partial charge on any atom is -0.383 e. The third-order valence-electron chi connectivity index (χ3n) is 4.93. The molecule has 0 unspecified atom stereocenters. The van der Waals surface area contributed by atoms with Crippen molar-refractivity contribution in [3.63, 3.8) is 0 Å². The molecule has 0 saturated carbocycles. The second kappa shape index (κ2) is 9.08. The van der Waals surface area contributed by atoms with E-state index < -0.39 is 0 Å². The third kappa shape index (κ3) is 4.17. The first kappa shape index (κ1) is 20.7. The summed E-state index contributed by atoms with van der Waals surface area (Å²) >= 11 is 7.54. The van der Waals surface area contributed by atoms with Crippen LogP contribution in [0.25, 0.3) is 22.2 Å². The molecule has 7 heteroatoms. The van der Waals surface area contributed by atoms with Crippen LogP contribution in [-0.4, -0.2) is 27.8 Å². The molecule has 0 aliphatic carbocycles. The number of hydrogen-bond donors (Lipinski definition) is 0. The molecular formula is C23H22ClN3O2S. The lowest BCUT2D eigenvalue weighted by Crippen LogP contribution is -2.26. The molecule has 0 amide bonds. The normalized spacial score (nSPS) is 11.3. The van der Waals surface area contributed by atoms with E-state index in [2.05, 4.69) is 0 Å². The van der Waals surface area contributed by atoms with E-state index in [-0.39, 0.29) is 5.56 Å². The predicted octanol–water partition coefficient (Wildman–Crippen LogP) is 4.99. The number of methoxy groups -OCH3 is 1. The van der Waals surface area contributed by atoms with Crippen LogP contribution in [-0.2, 0) is 24.1 Å². The number of ether oxygens (including phenoxy) is 1. The zero-order valence-electron chi connectivity index (χ0n) is 16.8. The molecule has 0 atom stereocenters. The molecule has 0 bridgehead atoms. The summed E-state index contributed by atoms with van der Waals surface area (Å²) in [7, 11) is 3.52. The first-order valence-electron chi connectivity index (χ1n) is 9.60. The predicted molar refractivity (Wildman–Crippen MR) is 123 cm³/mol. The van der Waals surface area contributed by atoms with E-state index in [0.717, 1.165) is 22.2 Å². The van der Waals surface area contributed by atoms with Crippen LogP contribution in [0, 0.1) is 0 Å². The van der Waals surface area contributed by atoms with Gasteiger partial charge in [0.1, 0.15) is 11.0 Å². The monoisotopic (exact) mass is 439 g/mol. The van der Waals surface area contributed by atoms with Crippen molar-refractivity contribution in [1.29, 1.82) is 0 Å². The van der Waals surface area contributed by atoms with E-state index in [1.807, 2.05) is 72.4 Å². The largest absolute Gasteiger partial charge is 0.383 e. The standard InChI is InChI=1S/C23H22ClN3O2S/c1-26-14-19(17-6-4-3-5-7-17)20-21(26)22(28)27(12-13-29-2)23(25-20)30-15-16-8-10-18(24)11-9-16/h3-11,14H,12-13,15H2,1-2H3. The van der Waals surface area contributed by atoms with Crippen LogP contribution in [0.15, 0.2) is 70.7 Å². The van der Waals surface area contributed by atoms with Crippen molar-refractivity contribution in [2.45, 2.75) is 17.5 Å². The van der Waals surface area contributed by atoms with Gasteiger partial charge in [0.15, 0.2) is 5.16 Å². The van der Waals surface area contributed by atoms with Gasteiger partial charge in [-0.1, -0.05) is 65.8 Å². The van der Waals surface area contributed by atoms with Gasteiger partial charge < -0.3 is 9.30 Å². The minimum absolute atomic E-state index is 0.0552. The Labute approximate surface area is 184 Å². The number of aromatic nitrogens is 3. The van der Waals surface area contributed by atoms with Gasteiger partial charge in [0.2, 0.25) is 0 Å². The van der Waals surface area contributed by atoms with Gasteiger partial charge >= 0.3 is 0 Å². The second-order valence-corrected chi connectivity index (χ2v) is 8.35. The van der Waals surface area contributed by atoms with Crippen molar-refractivity contribution in [2.24, 2.45) is 7.05 Å². The van der Waals surface area contributed by atoms with Crippen molar-refractivity contribution in [1.82, 2.24) is 14.1 Å². The molecule has 5 nitrogen and oxygen atoms in total. The van der Waals surface area contributed by atoms with Crippen LogP contribution in [0.1, 0.15) is 5.56 Å². The highest BCUT2D eigenvalue weighted by atomic mass is 35.5. The Morgan fingerprint density at radius 1 is 1.10 bits per heavy atom. The van der Waals surface area contributed by atoms with Gasteiger partial charge in [0.25, 0.3) is 5.56 Å². The molecule has 0 fully saturated rings. The molecule has 154 valence electrons. The molecule has 0 saturated heterocycles. The van der Waals surface area contributed by atoms with Gasteiger partial charge in [-0.05, 0) is 23.3 Å². The fourth-order valence-corrected chi connectivity index (χ4v) is 4.50. The Kier molecular flexibility index (Phi) is 6.27. The summed E-state index contributed by atoms with van der Waals surface area (Å²) < 4.78 is 8.80. The van der Waals surface area contributed by atoms with Crippen LogP contribution < -0.4 is 5.56 Å². The van der Waals surface area contributed by atoms with E-state index in [0.29, 0.717) is 34.6 Å². The number of halogens is 1. The number of hydrogen-bond acceptors (Lipinski definition) is 4. The van der Waals surface area contributed by atoms with E-state index in [1.165, 1.54) is 0 Å². The molecule has 0 radical (unpaired) electrons. The number of rotatable bonds is 7. The lowest BCUT2D eigenvalue weighted by Gasteiger charge is -2.12. The average molecular weight is 440 g/mol. The van der Waals surface area contributed by atoms with Crippen LogP contribution in [0.5, 0.6) is 0 Å². The maximum Gasteiger partial charge on any atom is 0.278 e. The van der Waals surface area contributed by atoms with Crippen LogP contribution in [0.3, 0.4) is 0 Å². The Morgan fingerprint density at radius 2 is 1.83 bits per heavy atom. The molecule has 2 aromatic heterocycles. The van der Waals surface area contributed by atoms with Gasteiger partial charge in [-0.3, -0.25) is 9.36 Å². The number of nitrogens with zero attached hydrogens (tertiary/aromatic N) is 3. The first-order chi connectivity index (χ1) is 14.6. The number of aryl methyl sites for hydroxylation is 1. The quantitative estimate of drug-likeness (QED) is 0.300. The highest BCUT2D eigenvalue weighted by molar-refractivity contribution is 7.98. The Hall–Kier alpha value is -2.54. The summed E-state index contributed by atoms with van der Waals surface area (Å²) in [6.07, 6.45) is 1.97. The average Bonchev–Trinajstić information content (AvgIpc) is 3.10. The molecular weight excluding hydrogens is 418 g/mol. The maximum absolute atomic E-state index is 13.4. The number of benzene rings is 2. The SMILES string of the molecule is COCCn1c(SCc2ccc(Cl)cc2)nc2c(-c3ccccc3)cn(C)c2c1=O. The van der Waals surface area contributed by atoms with Gasteiger partial charge in [-0.2, -0.15) is 0 Å². The molecule has 2 aromatic carbocycles. The fourth-order valence-electron chi connectivity index (χ4n) is 3.40. The lowest BCUT2D eigenvalue weighted by atomic mass is 10.1. The zero-order valence-corrected chi connectivity index (χ0v) is 18.4. The highest BCUT2D eigenvalue weighted by Crippen LogP contribution is 2.30. The van der Waals surface area contributed by atoms with Crippen molar-refractivity contribution in [2.75, 3.05) is 13.7 Å². The third-order valence-corrected chi connectivity index (χ3v) is 6.23.